The van der Waals surface area contributed by atoms with Crippen molar-refractivity contribution in [3.8, 4) is 0 Å². The lowest BCUT2D eigenvalue weighted by Gasteiger charge is -2.34. The average Bonchev–Trinajstić information content (AvgIpc) is 3.34. The molecule has 0 N–H and O–H groups in total. The van der Waals surface area contributed by atoms with Gasteiger partial charge in [-0.2, -0.15) is 4.31 Å². The standard InChI is InChI=1S/C16H22N4O2S2/c1-10-11(2)23-16-13(10)15(17-14(18-16)12-4-5-12)19-6-8-20(9-7-19)24(3,21)22/h12H,4-9H2,1-3H3. The van der Waals surface area contributed by atoms with Crippen molar-refractivity contribution in [3.63, 3.8) is 0 Å². The van der Waals surface area contributed by atoms with Crippen molar-refractivity contribution in [3.05, 3.63) is 16.3 Å². The highest BCUT2D eigenvalue weighted by Crippen LogP contribution is 2.42. The monoisotopic (exact) mass is 366 g/mol. The van der Waals surface area contributed by atoms with Crippen LogP contribution in [0.5, 0.6) is 0 Å². The van der Waals surface area contributed by atoms with E-state index in [4.69, 9.17) is 9.97 Å². The normalized spacial score (nSPS) is 20.0. The third-order valence-electron chi connectivity index (χ3n) is 4.98. The predicted molar refractivity (Wildman–Crippen MR) is 97.5 cm³/mol. The molecule has 0 bridgehead atoms. The van der Waals surface area contributed by atoms with Gasteiger partial charge in [-0.05, 0) is 32.3 Å². The van der Waals surface area contributed by atoms with E-state index in [1.807, 2.05) is 0 Å². The van der Waals surface area contributed by atoms with Crippen LogP contribution in [0.2, 0.25) is 0 Å². The minimum Gasteiger partial charge on any atom is -0.353 e. The van der Waals surface area contributed by atoms with Gasteiger partial charge in [0.2, 0.25) is 10.0 Å². The van der Waals surface area contributed by atoms with Gasteiger partial charge in [-0.25, -0.2) is 18.4 Å². The number of sulfonamides is 1. The molecule has 0 radical (unpaired) electrons. The van der Waals surface area contributed by atoms with Crippen molar-refractivity contribution in [2.45, 2.75) is 32.6 Å². The molecule has 0 aromatic carbocycles. The van der Waals surface area contributed by atoms with Crippen molar-refractivity contribution in [1.29, 1.82) is 0 Å². The Kier molecular flexibility index (Phi) is 3.81. The van der Waals surface area contributed by atoms with E-state index in [0.29, 0.717) is 32.1 Å². The fraction of sp³-hybridized carbons (Fsp3) is 0.625. The van der Waals surface area contributed by atoms with E-state index in [-0.39, 0.29) is 0 Å². The Morgan fingerprint density at radius 1 is 1.08 bits per heavy atom. The summed E-state index contributed by atoms with van der Waals surface area (Å²) in [4.78, 5) is 14.3. The Bertz CT molecular complexity index is 894. The zero-order valence-corrected chi connectivity index (χ0v) is 15.9. The lowest BCUT2D eigenvalue weighted by atomic mass is 10.2. The van der Waals surface area contributed by atoms with Crippen LogP contribution < -0.4 is 4.90 Å². The summed E-state index contributed by atoms with van der Waals surface area (Å²) in [7, 11) is -3.11. The number of aromatic nitrogens is 2. The van der Waals surface area contributed by atoms with E-state index in [1.165, 1.54) is 29.5 Å². The highest BCUT2D eigenvalue weighted by atomic mass is 32.2. The molecule has 4 rings (SSSR count). The van der Waals surface area contributed by atoms with Gasteiger partial charge >= 0.3 is 0 Å². The van der Waals surface area contributed by atoms with E-state index < -0.39 is 10.0 Å². The van der Waals surface area contributed by atoms with E-state index in [1.54, 1.807) is 15.6 Å². The van der Waals surface area contributed by atoms with Crippen molar-refractivity contribution in [1.82, 2.24) is 14.3 Å². The van der Waals surface area contributed by atoms with Crippen LogP contribution >= 0.6 is 11.3 Å². The van der Waals surface area contributed by atoms with Crippen LogP contribution in [0.4, 0.5) is 5.82 Å². The molecule has 0 atom stereocenters. The molecule has 2 aromatic heterocycles. The first-order chi connectivity index (χ1) is 11.3. The van der Waals surface area contributed by atoms with Crippen molar-refractivity contribution < 1.29 is 8.42 Å². The van der Waals surface area contributed by atoms with Crippen LogP contribution in [-0.2, 0) is 10.0 Å². The quantitative estimate of drug-likeness (QED) is 0.834. The number of aryl methyl sites for hydroxylation is 2. The maximum atomic E-state index is 11.7. The average molecular weight is 367 g/mol. The topological polar surface area (TPSA) is 66.4 Å². The molecule has 1 saturated heterocycles. The molecule has 0 unspecified atom stereocenters. The molecule has 1 saturated carbocycles. The van der Waals surface area contributed by atoms with Crippen LogP contribution in [0, 0.1) is 13.8 Å². The summed E-state index contributed by atoms with van der Waals surface area (Å²) < 4.78 is 25.0. The highest BCUT2D eigenvalue weighted by Gasteiger charge is 2.31. The van der Waals surface area contributed by atoms with Crippen LogP contribution in [0.3, 0.4) is 0 Å². The summed E-state index contributed by atoms with van der Waals surface area (Å²) in [6.07, 6.45) is 3.63. The van der Waals surface area contributed by atoms with Crippen molar-refractivity contribution in [2.24, 2.45) is 0 Å². The minimum atomic E-state index is -3.11. The summed E-state index contributed by atoms with van der Waals surface area (Å²) in [5.41, 5.74) is 1.25. The summed E-state index contributed by atoms with van der Waals surface area (Å²) in [6, 6.07) is 0. The Labute approximate surface area is 146 Å². The number of thiophene rings is 1. The number of hydrogen-bond acceptors (Lipinski definition) is 6. The summed E-state index contributed by atoms with van der Waals surface area (Å²) >= 11 is 1.74. The number of rotatable bonds is 3. The molecule has 3 heterocycles. The van der Waals surface area contributed by atoms with Gasteiger partial charge < -0.3 is 4.90 Å². The predicted octanol–water partition coefficient (Wildman–Crippen LogP) is 2.27. The number of anilines is 1. The zero-order chi connectivity index (χ0) is 17.1. The molecule has 1 aliphatic carbocycles. The fourth-order valence-electron chi connectivity index (χ4n) is 3.23. The van der Waals surface area contributed by atoms with Gasteiger partial charge in [0.25, 0.3) is 0 Å². The smallest absolute Gasteiger partial charge is 0.211 e. The summed E-state index contributed by atoms with van der Waals surface area (Å²) in [5, 5.41) is 1.15. The molecule has 24 heavy (non-hydrogen) atoms. The highest BCUT2D eigenvalue weighted by molar-refractivity contribution is 7.88. The second-order valence-electron chi connectivity index (χ2n) is 6.79. The molecule has 6 nitrogen and oxygen atoms in total. The molecule has 2 aromatic rings. The maximum absolute atomic E-state index is 11.7. The molecule has 130 valence electrons. The Hall–Kier alpha value is -1.25. The van der Waals surface area contributed by atoms with Crippen LogP contribution in [0.25, 0.3) is 10.2 Å². The number of fused-ring (bicyclic) bond motifs is 1. The molecular weight excluding hydrogens is 344 g/mol. The lowest BCUT2D eigenvalue weighted by Crippen LogP contribution is -2.48. The second kappa shape index (κ2) is 5.64. The molecule has 0 amide bonds. The van der Waals surface area contributed by atoms with Crippen LogP contribution in [0.15, 0.2) is 0 Å². The van der Waals surface area contributed by atoms with Crippen molar-refractivity contribution in [2.75, 3.05) is 37.3 Å². The molecule has 2 fully saturated rings. The molecule has 8 heteroatoms. The first-order valence-corrected chi connectivity index (χ1v) is 11.0. The molecule has 0 spiro atoms. The van der Waals surface area contributed by atoms with E-state index in [2.05, 4.69) is 18.7 Å². The number of piperazine rings is 1. The Morgan fingerprint density at radius 2 is 1.75 bits per heavy atom. The number of hydrogen-bond donors (Lipinski definition) is 0. The molecular formula is C16H22N4O2S2. The molecule has 2 aliphatic rings. The van der Waals surface area contributed by atoms with Gasteiger partial charge in [-0.1, -0.05) is 0 Å². The first kappa shape index (κ1) is 16.2. The Balaban J connectivity index is 1.73. The SMILES string of the molecule is Cc1sc2nc(C3CC3)nc(N3CCN(S(C)(=O)=O)CC3)c2c1C. The zero-order valence-electron chi connectivity index (χ0n) is 14.2. The van der Waals surface area contributed by atoms with E-state index in [9.17, 15) is 8.42 Å². The van der Waals surface area contributed by atoms with Crippen molar-refractivity contribution >= 4 is 37.4 Å². The third-order valence-corrected chi connectivity index (χ3v) is 7.38. The summed E-state index contributed by atoms with van der Waals surface area (Å²) in [6.45, 7) is 6.65. The van der Waals surface area contributed by atoms with Gasteiger partial charge in [-0.15, -0.1) is 11.3 Å². The third kappa shape index (κ3) is 2.80. The summed E-state index contributed by atoms with van der Waals surface area (Å²) in [5.74, 6) is 2.47. The minimum absolute atomic E-state index is 0.508. The van der Waals surface area contributed by atoms with E-state index in [0.717, 1.165) is 21.9 Å². The van der Waals surface area contributed by atoms with E-state index >= 15 is 0 Å². The van der Waals surface area contributed by atoms with Crippen LogP contribution in [-0.4, -0.2) is 55.1 Å². The van der Waals surface area contributed by atoms with Gasteiger partial charge in [0.15, 0.2) is 0 Å². The van der Waals surface area contributed by atoms with Gasteiger partial charge in [0.05, 0.1) is 11.6 Å². The van der Waals surface area contributed by atoms with Crippen LogP contribution in [0.1, 0.15) is 35.0 Å². The van der Waals surface area contributed by atoms with Gasteiger partial charge in [0.1, 0.15) is 16.5 Å². The fourth-order valence-corrected chi connectivity index (χ4v) is 5.09. The van der Waals surface area contributed by atoms with Gasteiger partial charge in [0, 0.05) is 37.0 Å². The number of nitrogens with zero attached hydrogens (tertiary/aromatic N) is 4. The largest absolute Gasteiger partial charge is 0.353 e. The first-order valence-electron chi connectivity index (χ1n) is 8.32. The lowest BCUT2D eigenvalue weighted by molar-refractivity contribution is 0.387. The molecule has 1 aliphatic heterocycles. The van der Waals surface area contributed by atoms with Gasteiger partial charge in [-0.3, -0.25) is 0 Å². The maximum Gasteiger partial charge on any atom is 0.211 e. The Morgan fingerprint density at radius 3 is 2.33 bits per heavy atom. The second-order valence-corrected chi connectivity index (χ2v) is 9.98.